The quantitative estimate of drug-likeness (QED) is 0.142. The summed E-state index contributed by atoms with van der Waals surface area (Å²) in [5, 5.41) is 0. The minimum absolute atomic E-state index is 0.185. The molecular weight excluding hydrogens is 1110 g/mol. The zero-order valence-corrected chi connectivity index (χ0v) is 54.9. The van der Waals surface area contributed by atoms with Gasteiger partial charge in [0.2, 0.25) is 0 Å². The maximum atomic E-state index is 2.62. The Morgan fingerprint density at radius 3 is 0.902 bits per heavy atom. The Bertz CT molecular complexity index is 4860. The van der Waals surface area contributed by atoms with Crippen LogP contribution in [0.4, 0.5) is 34.1 Å². The van der Waals surface area contributed by atoms with Gasteiger partial charge in [0, 0.05) is 61.0 Å². The van der Waals surface area contributed by atoms with Gasteiger partial charge in [-0.15, -0.1) is 0 Å². The molecule has 5 aliphatic carbocycles. The number of nitrogens with zero attached hydrogens (tertiary/aromatic N) is 2. The van der Waals surface area contributed by atoms with Crippen LogP contribution < -0.4 is 9.80 Å². The Balaban J connectivity index is 0.890. The van der Waals surface area contributed by atoms with Gasteiger partial charge in [-0.2, -0.15) is 0 Å². The number of hydrogen-bond donors (Lipinski definition) is 0. The van der Waals surface area contributed by atoms with Crippen molar-refractivity contribution in [2.24, 2.45) is 0 Å². The molecule has 0 saturated carbocycles. The first-order valence-corrected chi connectivity index (χ1v) is 33.3. The molecule has 0 fully saturated rings. The standard InChI is InChI=1S/C90H78N2/c1-85(2)55-90(11,58-38-43-63(56-26-14-12-15-27-56)83(48-58)91(59-39-44-68-64-30-18-22-34-73(64)86(3,4)77(68)49-59)60-40-45-69-65-31-19-23-35-74(65)87(5,6)78(69)50-60)82-53-72(57-28-16-13-17-29-57)84(54-81(82)85)92(61-41-46-70-66-32-20-24-36-75(66)88(7,8)79(70)51-61)62-42-47-71-67-33-21-25-37-76(67)89(9,10)80(71)52-62/h12-54H,55H2,1-11H3. The molecule has 0 amide bonds. The molecule has 12 aromatic rings. The van der Waals surface area contributed by atoms with Crippen LogP contribution in [0, 0.1) is 0 Å². The van der Waals surface area contributed by atoms with Crippen molar-refractivity contribution >= 4 is 34.1 Å². The van der Waals surface area contributed by atoms with E-state index in [2.05, 4.69) is 347 Å². The van der Waals surface area contributed by atoms with Gasteiger partial charge in [0.1, 0.15) is 0 Å². The average Bonchev–Trinajstić information content (AvgIpc) is 1.52. The fraction of sp³-hybridized carbons (Fsp3) is 0.200. The molecule has 0 heterocycles. The molecule has 5 aliphatic rings. The molecule has 0 saturated heterocycles. The van der Waals surface area contributed by atoms with Gasteiger partial charge in [0.25, 0.3) is 0 Å². The lowest BCUT2D eigenvalue weighted by Gasteiger charge is -2.34. The third-order valence-corrected chi connectivity index (χ3v) is 22.8. The van der Waals surface area contributed by atoms with Gasteiger partial charge in [-0.25, -0.2) is 0 Å². The van der Waals surface area contributed by atoms with E-state index in [4.69, 9.17) is 0 Å². The van der Waals surface area contributed by atoms with Crippen molar-refractivity contribution in [3.05, 3.63) is 322 Å². The molecule has 448 valence electrons. The van der Waals surface area contributed by atoms with Crippen LogP contribution in [0.2, 0.25) is 0 Å². The third kappa shape index (κ3) is 7.98. The highest BCUT2D eigenvalue weighted by molar-refractivity contribution is 5.96. The van der Waals surface area contributed by atoms with Crippen LogP contribution in [0.3, 0.4) is 0 Å². The van der Waals surface area contributed by atoms with Crippen molar-refractivity contribution in [2.45, 2.75) is 115 Å². The Morgan fingerprint density at radius 1 is 0.228 bits per heavy atom. The Labute approximate surface area is 544 Å². The highest BCUT2D eigenvalue weighted by atomic mass is 15.2. The van der Waals surface area contributed by atoms with E-state index < -0.39 is 5.41 Å². The van der Waals surface area contributed by atoms with Gasteiger partial charge >= 0.3 is 0 Å². The smallest absolute Gasteiger partial charge is 0.0543 e. The maximum Gasteiger partial charge on any atom is 0.0543 e. The Morgan fingerprint density at radius 2 is 0.533 bits per heavy atom. The summed E-state index contributed by atoms with van der Waals surface area (Å²) in [5.74, 6) is 0. The molecule has 1 atom stereocenters. The highest BCUT2D eigenvalue weighted by Crippen LogP contribution is 2.61. The minimum Gasteiger partial charge on any atom is -0.310 e. The van der Waals surface area contributed by atoms with E-state index in [9.17, 15) is 0 Å². The SMILES string of the molecule is CC1(C)CC(C)(c2ccc(-c3ccccc3)c(N(c3ccc4c(c3)C(C)(C)c3ccccc3-4)c3ccc4c(c3)C(C)(C)c3ccccc3-4)c2)c2cc(-c3ccccc3)c(N(c3ccc4c(c3)C(C)(C)c3ccccc3-4)c3ccc4c(c3)C(C)(C)c3ccccc3-4)cc21. The van der Waals surface area contributed by atoms with Gasteiger partial charge in [-0.05, 0) is 195 Å². The number of benzene rings is 12. The normalized spacial score (nSPS) is 17.7. The van der Waals surface area contributed by atoms with E-state index in [-0.39, 0.29) is 27.1 Å². The predicted molar refractivity (Wildman–Crippen MR) is 387 cm³/mol. The first kappa shape index (κ1) is 56.2. The van der Waals surface area contributed by atoms with Crippen LogP contribution in [-0.2, 0) is 32.5 Å². The molecule has 0 spiro atoms. The van der Waals surface area contributed by atoms with Crippen LogP contribution in [0.15, 0.2) is 261 Å². The summed E-state index contributed by atoms with van der Waals surface area (Å²) >= 11 is 0. The molecule has 17 rings (SSSR count). The molecule has 0 aromatic heterocycles. The van der Waals surface area contributed by atoms with Gasteiger partial charge in [0.05, 0.1) is 11.4 Å². The minimum atomic E-state index is -0.406. The molecule has 2 nitrogen and oxygen atoms in total. The van der Waals surface area contributed by atoms with Crippen molar-refractivity contribution < 1.29 is 0 Å². The number of fused-ring (bicyclic) bond motifs is 13. The zero-order valence-electron chi connectivity index (χ0n) is 54.9. The van der Waals surface area contributed by atoms with E-state index in [1.54, 1.807) is 0 Å². The molecule has 1 unspecified atom stereocenters. The fourth-order valence-corrected chi connectivity index (χ4v) is 18.1. The van der Waals surface area contributed by atoms with E-state index in [0.717, 1.165) is 34.9 Å². The van der Waals surface area contributed by atoms with Crippen LogP contribution in [0.5, 0.6) is 0 Å². The van der Waals surface area contributed by atoms with Gasteiger partial charge in [0.15, 0.2) is 0 Å². The largest absolute Gasteiger partial charge is 0.310 e. The van der Waals surface area contributed by atoms with Crippen molar-refractivity contribution in [1.29, 1.82) is 0 Å². The summed E-state index contributed by atoms with van der Waals surface area (Å²) in [5.41, 5.74) is 36.0. The number of rotatable bonds is 9. The summed E-state index contributed by atoms with van der Waals surface area (Å²) in [4.78, 5) is 5.22. The average molecular weight is 1190 g/mol. The molecule has 0 bridgehead atoms. The number of hydrogen-bond acceptors (Lipinski definition) is 2. The Kier molecular flexibility index (Phi) is 12.0. The van der Waals surface area contributed by atoms with Crippen LogP contribution in [0.1, 0.15) is 144 Å². The van der Waals surface area contributed by atoms with E-state index in [0.29, 0.717) is 0 Å². The zero-order chi connectivity index (χ0) is 63.0. The molecule has 0 aliphatic heterocycles. The van der Waals surface area contributed by atoms with Gasteiger partial charge < -0.3 is 9.80 Å². The van der Waals surface area contributed by atoms with E-state index in [1.807, 2.05) is 0 Å². The Hall–Kier alpha value is -9.76. The molecule has 12 aromatic carbocycles. The predicted octanol–water partition coefficient (Wildman–Crippen LogP) is 24.2. The second-order valence-corrected chi connectivity index (χ2v) is 30.0. The highest BCUT2D eigenvalue weighted by Gasteiger charge is 2.48. The van der Waals surface area contributed by atoms with Crippen molar-refractivity contribution in [3.63, 3.8) is 0 Å². The van der Waals surface area contributed by atoms with Crippen molar-refractivity contribution in [2.75, 3.05) is 9.80 Å². The van der Waals surface area contributed by atoms with Crippen molar-refractivity contribution in [3.8, 4) is 66.8 Å². The molecule has 0 radical (unpaired) electrons. The van der Waals surface area contributed by atoms with E-state index >= 15 is 0 Å². The second-order valence-electron chi connectivity index (χ2n) is 30.0. The first-order chi connectivity index (χ1) is 44.2. The molecular formula is C90H78N2. The molecule has 2 heteroatoms. The molecule has 92 heavy (non-hydrogen) atoms. The van der Waals surface area contributed by atoms with Gasteiger partial charge in [-0.1, -0.05) is 270 Å². The second kappa shape index (κ2) is 19.6. The lowest BCUT2D eigenvalue weighted by molar-refractivity contribution is 0.425. The van der Waals surface area contributed by atoms with Crippen LogP contribution >= 0.6 is 0 Å². The lowest BCUT2D eigenvalue weighted by Crippen LogP contribution is -2.24. The van der Waals surface area contributed by atoms with E-state index in [1.165, 1.54) is 134 Å². The molecule has 0 N–H and O–H groups in total. The summed E-state index contributed by atoms with van der Waals surface area (Å²) in [6.07, 6.45) is 0.921. The van der Waals surface area contributed by atoms with Crippen LogP contribution in [-0.4, -0.2) is 0 Å². The maximum absolute atomic E-state index is 2.62. The first-order valence-electron chi connectivity index (χ1n) is 33.3. The monoisotopic (exact) mass is 1190 g/mol. The van der Waals surface area contributed by atoms with Crippen LogP contribution in [0.25, 0.3) is 66.8 Å². The summed E-state index contributed by atoms with van der Waals surface area (Å²) < 4.78 is 0. The fourth-order valence-electron chi connectivity index (χ4n) is 18.1. The topological polar surface area (TPSA) is 6.48 Å². The van der Waals surface area contributed by atoms with Crippen molar-refractivity contribution in [1.82, 2.24) is 0 Å². The van der Waals surface area contributed by atoms with Gasteiger partial charge in [-0.3, -0.25) is 0 Å². The summed E-state index contributed by atoms with van der Waals surface area (Å²) in [6.45, 7) is 26.8. The summed E-state index contributed by atoms with van der Waals surface area (Å²) in [7, 11) is 0. The lowest BCUT2D eigenvalue weighted by atomic mass is 9.74. The number of anilines is 6. The third-order valence-electron chi connectivity index (χ3n) is 22.8. The summed E-state index contributed by atoms with van der Waals surface area (Å²) in [6, 6.07) is 100.